The number of hydrogen-bond donors (Lipinski definition) is 1. The number of halogens is 3. The summed E-state index contributed by atoms with van der Waals surface area (Å²) in [7, 11) is 0. The van der Waals surface area contributed by atoms with Crippen molar-refractivity contribution in [2.45, 2.75) is 39.5 Å². The van der Waals surface area contributed by atoms with Crippen LogP contribution in [0.4, 0.5) is 13.2 Å². The van der Waals surface area contributed by atoms with Crippen molar-refractivity contribution >= 4 is 16.8 Å². The topological polar surface area (TPSA) is 41.0 Å². The van der Waals surface area contributed by atoms with Crippen LogP contribution in [0.1, 0.15) is 33.0 Å². The number of H-pyrrole nitrogens is 1. The first-order valence-corrected chi connectivity index (χ1v) is 8.86. The van der Waals surface area contributed by atoms with Crippen molar-refractivity contribution in [3.05, 3.63) is 58.5 Å². The third-order valence-corrected chi connectivity index (χ3v) is 5.31. The molecule has 0 aliphatic carbocycles. The SMILES string of the molecule is Cc1cc(C(=O)N2CCc3[nH]c4ccccc4c3C2)c(C)n1CC(F)(F)F. The van der Waals surface area contributed by atoms with E-state index in [2.05, 4.69) is 4.98 Å². The molecule has 4 nitrogen and oxygen atoms in total. The van der Waals surface area contributed by atoms with E-state index >= 15 is 0 Å². The molecule has 0 bridgehead atoms. The molecule has 0 saturated carbocycles. The molecule has 2 aromatic heterocycles. The highest BCUT2D eigenvalue weighted by molar-refractivity contribution is 5.96. The molecule has 0 fully saturated rings. The summed E-state index contributed by atoms with van der Waals surface area (Å²) in [5.41, 5.74) is 4.41. The number of aromatic nitrogens is 2. The molecule has 0 unspecified atom stereocenters. The number of carbonyl (C=O) groups is 1. The largest absolute Gasteiger partial charge is 0.406 e. The van der Waals surface area contributed by atoms with Crippen LogP contribution in [0.15, 0.2) is 30.3 Å². The molecule has 0 radical (unpaired) electrons. The predicted molar refractivity (Wildman–Crippen MR) is 96.7 cm³/mol. The number of hydrogen-bond acceptors (Lipinski definition) is 1. The molecular weight excluding hydrogens is 355 g/mol. The zero-order valence-electron chi connectivity index (χ0n) is 15.2. The van der Waals surface area contributed by atoms with Crippen molar-refractivity contribution < 1.29 is 18.0 Å². The van der Waals surface area contributed by atoms with Gasteiger partial charge in [0.05, 0.1) is 5.56 Å². The molecule has 1 N–H and O–H groups in total. The Bertz CT molecular complexity index is 1030. The number of nitrogens with zero attached hydrogens (tertiary/aromatic N) is 2. The average molecular weight is 375 g/mol. The number of amides is 1. The smallest absolute Gasteiger partial charge is 0.358 e. The van der Waals surface area contributed by atoms with Crippen molar-refractivity contribution in [3.8, 4) is 0 Å². The summed E-state index contributed by atoms with van der Waals surface area (Å²) in [6.07, 6.45) is -3.62. The lowest BCUT2D eigenvalue weighted by Crippen LogP contribution is -2.36. The molecule has 7 heteroatoms. The van der Waals surface area contributed by atoms with Crippen LogP contribution >= 0.6 is 0 Å². The Kier molecular flexibility index (Phi) is 4.05. The molecule has 1 amide bonds. The van der Waals surface area contributed by atoms with Crippen LogP contribution in [0, 0.1) is 13.8 Å². The molecule has 4 rings (SSSR count). The number of rotatable bonds is 2. The van der Waals surface area contributed by atoms with Crippen LogP contribution in [0.5, 0.6) is 0 Å². The quantitative estimate of drug-likeness (QED) is 0.711. The van der Waals surface area contributed by atoms with Gasteiger partial charge in [0.25, 0.3) is 5.91 Å². The maximum absolute atomic E-state index is 13.0. The fourth-order valence-corrected chi connectivity index (χ4v) is 3.95. The van der Waals surface area contributed by atoms with E-state index < -0.39 is 12.7 Å². The van der Waals surface area contributed by atoms with Gasteiger partial charge in [-0.25, -0.2) is 0 Å². The van der Waals surface area contributed by atoms with Gasteiger partial charge in [0.2, 0.25) is 0 Å². The first-order chi connectivity index (χ1) is 12.7. The maximum atomic E-state index is 13.0. The molecule has 3 heterocycles. The Labute approximate surface area is 154 Å². The summed E-state index contributed by atoms with van der Waals surface area (Å²) in [4.78, 5) is 18.2. The Morgan fingerprint density at radius 2 is 1.96 bits per heavy atom. The number of fused-ring (bicyclic) bond motifs is 3. The van der Waals surface area contributed by atoms with Gasteiger partial charge in [0.15, 0.2) is 0 Å². The fraction of sp³-hybridized carbons (Fsp3) is 0.350. The molecule has 0 saturated heterocycles. The van der Waals surface area contributed by atoms with Crippen LogP contribution in [0.3, 0.4) is 0 Å². The monoisotopic (exact) mass is 375 g/mol. The van der Waals surface area contributed by atoms with Gasteiger partial charge in [-0.2, -0.15) is 13.2 Å². The van der Waals surface area contributed by atoms with Crippen molar-refractivity contribution in [3.63, 3.8) is 0 Å². The van der Waals surface area contributed by atoms with E-state index in [4.69, 9.17) is 0 Å². The normalized spacial score (nSPS) is 14.6. The number of aryl methyl sites for hydroxylation is 1. The highest BCUT2D eigenvalue weighted by Gasteiger charge is 2.32. The second kappa shape index (κ2) is 6.18. The van der Waals surface area contributed by atoms with Crippen molar-refractivity contribution in [2.75, 3.05) is 6.54 Å². The first-order valence-electron chi connectivity index (χ1n) is 8.86. The molecule has 1 aliphatic rings. The highest BCUT2D eigenvalue weighted by atomic mass is 19.4. The maximum Gasteiger partial charge on any atom is 0.406 e. The van der Waals surface area contributed by atoms with Gasteiger partial charge < -0.3 is 14.5 Å². The van der Waals surface area contributed by atoms with E-state index in [1.54, 1.807) is 24.8 Å². The molecule has 142 valence electrons. The number of para-hydroxylation sites is 1. The van der Waals surface area contributed by atoms with Crippen LogP contribution in [-0.4, -0.2) is 33.1 Å². The van der Waals surface area contributed by atoms with E-state index in [9.17, 15) is 18.0 Å². The van der Waals surface area contributed by atoms with E-state index in [1.165, 1.54) is 0 Å². The highest BCUT2D eigenvalue weighted by Crippen LogP contribution is 2.29. The third-order valence-electron chi connectivity index (χ3n) is 5.31. The minimum atomic E-state index is -4.32. The zero-order valence-corrected chi connectivity index (χ0v) is 15.2. The van der Waals surface area contributed by atoms with Gasteiger partial charge in [-0.3, -0.25) is 4.79 Å². The lowest BCUT2D eigenvalue weighted by Gasteiger charge is -2.27. The van der Waals surface area contributed by atoms with Gasteiger partial charge in [0.1, 0.15) is 6.54 Å². The van der Waals surface area contributed by atoms with Gasteiger partial charge in [-0.1, -0.05) is 18.2 Å². The molecule has 27 heavy (non-hydrogen) atoms. The number of carbonyl (C=O) groups excluding carboxylic acids is 1. The molecule has 1 aromatic carbocycles. The Morgan fingerprint density at radius 1 is 1.22 bits per heavy atom. The summed E-state index contributed by atoms with van der Waals surface area (Å²) in [6.45, 7) is 3.10. The van der Waals surface area contributed by atoms with Crippen LogP contribution in [0.25, 0.3) is 10.9 Å². The number of benzene rings is 1. The molecule has 0 atom stereocenters. The second-order valence-corrected chi connectivity index (χ2v) is 7.09. The van der Waals surface area contributed by atoms with Crippen molar-refractivity contribution in [1.82, 2.24) is 14.5 Å². The third kappa shape index (κ3) is 3.11. The standard InChI is InChI=1S/C20H20F3N3O/c1-12-9-15(13(2)26(12)11-20(21,22)23)19(27)25-8-7-18-16(10-25)14-5-3-4-6-17(14)24-18/h3-6,9,24H,7-8,10-11H2,1-2H3. The summed E-state index contributed by atoms with van der Waals surface area (Å²) in [6, 6.07) is 9.51. The van der Waals surface area contributed by atoms with E-state index in [1.807, 2.05) is 24.3 Å². The number of aromatic amines is 1. The number of nitrogens with one attached hydrogen (secondary N) is 1. The summed E-state index contributed by atoms with van der Waals surface area (Å²) in [5, 5.41) is 1.09. The fourth-order valence-electron chi connectivity index (χ4n) is 3.95. The van der Waals surface area contributed by atoms with Gasteiger partial charge in [0, 0.05) is 53.1 Å². The summed E-state index contributed by atoms with van der Waals surface area (Å²) >= 11 is 0. The van der Waals surface area contributed by atoms with Crippen molar-refractivity contribution in [1.29, 1.82) is 0 Å². The minimum absolute atomic E-state index is 0.215. The number of alkyl halides is 3. The van der Waals surface area contributed by atoms with Crippen LogP contribution in [-0.2, 0) is 19.5 Å². The van der Waals surface area contributed by atoms with Crippen molar-refractivity contribution in [2.24, 2.45) is 0 Å². The van der Waals surface area contributed by atoms with E-state index in [-0.39, 0.29) is 5.91 Å². The van der Waals surface area contributed by atoms with Crippen LogP contribution < -0.4 is 0 Å². The molecule has 0 spiro atoms. The predicted octanol–water partition coefficient (Wildman–Crippen LogP) is 4.35. The second-order valence-electron chi connectivity index (χ2n) is 7.09. The Balaban J connectivity index is 1.64. The van der Waals surface area contributed by atoms with Gasteiger partial charge in [-0.15, -0.1) is 0 Å². The summed E-state index contributed by atoms with van der Waals surface area (Å²) in [5.74, 6) is -0.215. The minimum Gasteiger partial charge on any atom is -0.358 e. The van der Waals surface area contributed by atoms with E-state index in [0.717, 1.165) is 26.7 Å². The molecule has 3 aromatic rings. The molecule has 1 aliphatic heterocycles. The van der Waals surface area contributed by atoms with Gasteiger partial charge in [-0.05, 0) is 26.0 Å². The summed E-state index contributed by atoms with van der Waals surface area (Å²) < 4.78 is 39.6. The lowest BCUT2D eigenvalue weighted by molar-refractivity contribution is -0.141. The lowest BCUT2D eigenvalue weighted by atomic mass is 10.0. The Hall–Kier alpha value is -2.70. The molecular formula is C20H20F3N3O. The van der Waals surface area contributed by atoms with Crippen LogP contribution in [0.2, 0.25) is 0 Å². The zero-order chi connectivity index (χ0) is 19.3. The van der Waals surface area contributed by atoms with E-state index in [0.29, 0.717) is 36.5 Å². The average Bonchev–Trinajstić information content (AvgIpc) is 3.12. The Morgan fingerprint density at radius 3 is 2.70 bits per heavy atom. The van der Waals surface area contributed by atoms with Gasteiger partial charge >= 0.3 is 6.18 Å². The first kappa shape index (κ1) is 17.7.